The highest BCUT2D eigenvalue weighted by atomic mass is 32.2. The van der Waals surface area contributed by atoms with Crippen molar-refractivity contribution in [2.75, 3.05) is 23.7 Å². The van der Waals surface area contributed by atoms with Gasteiger partial charge in [0, 0.05) is 12.1 Å². The fourth-order valence-electron chi connectivity index (χ4n) is 3.65. The standard InChI is InChI=1S/C24H33N3O6S/c1-7-20(26(34(6,31)32)21-16-18(27(29)30)13-12-17(21)2)23(28)25-14-15-33-22-11-9-8-10-19(22)24(3,4)5/h8-13,16,20H,7,14-15H2,1-6H3,(H,25,28)/t20-/m0/s1. The van der Waals surface area contributed by atoms with E-state index in [2.05, 4.69) is 26.1 Å². The van der Waals surface area contributed by atoms with Gasteiger partial charge in [0.15, 0.2) is 0 Å². The molecule has 0 aliphatic rings. The molecule has 2 aromatic rings. The van der Waals surface area contributed by atoms with E-state index >= 15 is 0 Å². The number of nitro groups is 1. The average Bonchev–Trinajstić information content (AvgIpc) is 2.74. The molecule has 0 saturated heterocycles. The van der Waals surface area contributed by atoms with Crippen molar-refractivity contribution in [2.24, 2.45) is 0 Å². The maximum atomic E-state index is 13.0. The third-order valence-corrected chi connectivity index (χ3v) is 6.49. The Morgan fingerprint density at radius 1 is 1.21 bits per heavy atom. The summed E-state index contributed by atoms with van der Waals surface area (Å²) in [6.07, 6.45) is 1.16. The van der Waals surface area contributed by atoms with Crippen LogP contribution in [0.1, 0.15) is 45.2 Å². The quantitative estimate of drug-likeness (QED) is 0.305. The molecule has 0 spiro atoms. The summed E-state index contributed by atoms with van der Waals surface area (Å²) in [6.45, 7) is 9.94. The fraction of sp³-hybridized carbons (Fsp3) is 0.458. The molecule has 2 rings (SSSR count). The molecule has 2 aromatic carbocycles. The first-order chi connectivity index (χ1) is 15.8. The van der Waals surface area contributed by atoms with Gasteiger partial charge in [-0.3, -0.25) is 19.2 Å². The van der Waals surface area contributed by atoms with Gasteiger partial charge in [-0.1, -0.05) is 52.0 Å². The lowest BCUT2D eigenvalue weighted by Crippen LogP contribution is -2.50. The van der Waals surface area contributed by atoms with Crippen LogP contribution in [0.25, 0.3) is 0 Å². The number of amides is 1. The average molecular weight is 492 g/mol. The Bertz CT molecular complexity index is 1140. The number of nitrogens with zero attached hydrogens (tertiary/aromatic N) is 2. The summed E-state index contributed by atoms with van der Waals surface area (Å²) in [5.41, 5.74) is 1.28. The Morgan fingerprint density at radius 2 is 1.85 bits per heavy atom. The van der Waals surface area contributed by atoms with Gasteiger partial charge in [-0.15, -0.1) is 0 Å². The van der Waals surface area contributed by atoms with Gasteiger partial charge < -0.3 is 10.1 Å². The zero-order valence-corrected chi connectivity index (χ0v) is 21.3. The van der Waals surface area contributed by atoms with Crippen molar-refractivity contribution in [3.05, 3.63) is 63.7 Å². The first kappa shape index (κ1) is 27.1. The number of para-hydroxylation sites is 1. The molecule has 0 radical (unpaired) electrons. The van der Waals surface area contributed by atoms with Gasteiger partial charge in [0.2, 0.25) is 15.9 Å². The maximum Gasteiger partial charge on any atom is 0.271 e. The summed E-state index contributed by atoms with van der Waals surface area (Å²) in [6, 6.07) is 10.6. The number of hydrogen-bond donors (Lipinski definition) is 1. The number of rotatable bonds is 10. The number of nitro benzene ring substituents is 1. The van der Waals surface area contributed by atoms with Crippen LogP contribution in [0.15, 0.2) is 42.5 Å². The van der Waals surface area contributed by atoms with Crippen molar-refractivity contribution in [1.29, 1.82) is 0 Å². The number of nitrogens with one attached hydrogen (secondary N) is 1. The van der Waals surface area contributed by atoms with Gasteiger partial charge >= 0.3 is 0 Å². The molecule has 0 aromatic heterocycles. The van der Waals surface area contributed by atoms with E-state index in [1.807, 2.05) is 24.3 Å². The van der Waals surface area contributed by atoms with E-state index < -0.39 is 26.9 Å². The molecule has 1 N–H and O–H groups in total. The number of non-ortho nitro benzene ring substituents is 1. The number of anilines is 1. The van der Waals surface area contributed by atoms with Crippen LogP contribution in [0.2, 0.25) is 0 Å². The number of benzene rings is 2. The highest BCUT2D eigenvalue weighted by molar-refractivity contribution is 7.92. The van der Waals surface area contributed by atoms with Crippen molar-refractivity contribution >= 4 is 27.3 Å². The van der Waals surface area contributed by atoms with Gasteiger partial charge in [0.1, 0.15) is 18.4 Å². The minimum absolute atomic E-state index is 0.106. The summed E-state index contributed by atoms with van der Waals surface area (Å²) in [7, 11) is -3.92. The molecule has 34 heavy (non-hydrogen) atoms. The van der Waals surface area contributed by atoms with E-state index in [4.69, 9.17) is 4.74 Å². The number of ether oxygens (including phenoxy) is 1. The van der Waals surface area contributed by atoms with E-state index in [9.17, 15) is 23.3 Å². The first-order valence-electron chi connectivity index (χ1n) is 11.0. The lowest BCUT2D eigenvalue weighted by molar-refractivity contribution is -0.384. The number of carbonyl (C=O) groups excluding carboxylic acids is 1. The summed E-state index contributed by atoms with van der Waals surface area (Å²) in [5.74, 6) is 0.216. The molecule has 9 nitrogen and oxygen atoms in total. The Morgan fingerprint density at radius 3 is 2.41 bits per heavy atom. The lowest BCUT2D eigenvalue weighted by atomic mass is 9.86. The minimum Gasteiger partial charge on any atom is -0.491 e. The molecule has 186 valence electrons. The second-order valence-electron chi connectivity index (χ2n) is 9.10. The largest absolute Gasteiger partial charge is 0.491 e. The van der Waals surface area contributed by atoms with Crippen molar-refractivity contribution in [3.63, 3.8) is 0 Å². The van der Waals surface area contributed by atoms with E-state index in [1.165, 1.54) is 18.2 Å². The molecule has 0 bridgehead atoms. The van der Waals surface area contributed by atoms with Crippen LogP contribution >= 0.6 is 0 Å². The second kappa shape index (κ2) is 10.9. The van der Waals surface area contributed by atoms with E-state index in [0.717, 1.165) is 21.9 Å². The van der Waals surface area contributed by atoms with Crippen molar-refractivity contribution < 1.29 is 22.9 Å². The normalized spacial score (nSPS) is 12.6. The van der Waals surface area contributed by atoms with Gasteiger partial charge in [-0.05, 0) is 36.0 Å². The zero-order chi connectivity index (χ0) is 25.7. The molecule has 0 aliphatic heterocycles. The van der Waals surface area contributed by atoms with Crippen molar-refractivity contribution in [2.45, 2.75) is 52.5 Å². The van der Waals surface area contributed by atoms with Crippen LogP contribution in [-0.4, -0.2) is 44.7 Å². The zero-order valence-electron chi connectivity index (χ0n) is 20.5. The fourth-order valence-corrected chi connectivity index (χ4v) is 4.91. The molecular formula is C24H33N3O6S. The molecule has 1 atom stereocenters. The molecule has 1 amide bonds. The third kappa shape index (κ3) is 6.69. The van der Waals surface area contributed by atoms with Crippen LogP contribution in [0, 0.1) is 17.0 Å². The Kier molecular flexibility index (Phi) is 8.66. The minimum atomic E-state index is -3.92. The molecule has 0 heterocycles. The predicted molar refractivity (Wildman–Crippen MR) is 133 cm³/mol. The molecule has 0 saturated carbocycles. The second-order valence-corrected chi connectivity index (χ2v) is 11.0. The third-order valence-electron chi connectivity index (χ3n) is 5.32. The summed E-state index contributed by atoms with van der Waals surface area (Å²) < 4.78 is 32.2. The Hall–Kier alpha value is -3.14. The molecule has 0 fully saturated rings. The van der Waals surface area contributed by atoms with Crippen molar-refractivity contribution in [1.82, 2.24) is 5.32 Å². The molecular weight excluding hydrogens is 458 g/mol. The topological polar surface area (TPSA) is 119 Å². The lowest BCUT2D eigenvalue weighted by Gasteiger charge is -2.31. The maximum absolute atomic E-state index is 13.0. The number of sulfonamides is 1. The van der Waals surface area contributed by atoms with Crippen LogP contribution in [0.5, 0.6) is 5.75 Å². The SMILES string of the molecule is CC[C@@H](C(=O)NCCOc1ccccc1C(C)(C)C)N(c1cc([N+](=O)[O-])ccc1C)S(C)(=O)=O. The van der Waals surface area contributed by atoms with E-state index in [-0.39, 0.29) is 36.4 Å². The van der Waals surface area contributed by atoms with Crippen molar-refractivity contribution in [3.8, 4) is 5.75 Å². The number of carbonyl (C=O) groups is 1. The van der Waals surface area contributed by atoms with Gasteiger partial charge in [0.25, 0.3) is 5.69 Å². The summed E-state index contributed by atoms with van der Waals surface area (Å²) in [5, 5.41) is 14.0. The monoisotopic (exact) mass is 491 g/mol. The highest BCUT2D eigenvalue weighted by Gasteiger charge is 2.33. The Balaban J connectivity index is 2.19. The Labute approximate surface area is 201 Å². The van der Waals surface area contributed by atoms with Crippen LogP contribution in [-0.2, 0) is 20.2 Å². The summed E-state index contributed by atoms with van der Waals surface area (Å²) >= 11 is 0. The highest BCUT2D eigenvalue weighted by Crippen LogP contribution is 2.31. The van der Waals surface area contributed by atoms with E-state index in [0.29, 0.717) is 5.56 Å². The van der Waals surface area contributed by atoms with Crippen LogP contribution < -0.4 is 14.4 Å². The summed E-state index contributed by atoms with van der Waals surface area (Å²) in [4.78, 5) is 23.6. The smallest absolute Gasteiger partial charge is 0.271 e. The molecule has 0 aliphatic carbocycles. The van der Waals surface area contributed by atoms with Crippen LogP contribution in [0.4, 0.5) is 11.4 Å². The van der Waals surface area contributed by atoms with Gasteiger partial charge in [-0.25, -0.2) is 8.42 Å². The predicted octanol–water partition coefficient (Wildman–Crippen LogP) is 3.94. The number of hydrogen-bond acceptors (Lipinski definition) is 6. The molecule has 10 heteroatoms. The van der Waals surface area contributed by atoms with Gasteiger partial charge in [0.05, 0.1) is 23.4 Å². The molecule has 0 unspecified atom stereocenters. The first-order valence-corrected chi connectivity index (χ1v) is 12.9. The number of aryl methyl sites for hydroxylation is 1. The van der Waals surface area contributed by atoms with Crippen LogP contribution in [0.3, 0.4) is 0 Å². The van der Waals surface area contributed by atoms with Gasteiger partial charge in [-0.2, -0.15) is 0 Å². The van der Waals surface area contributed by atoms with E-state index in [1.54, 1.807) is 13.8 Å².